The molecule has 0 amide bonds. The number of hydrogen-bond donors (Lipinski definition) is 2. The monoisotopic (exact) mass is 262 g/mol. The van der Waals surface area contributed by atoms with Gasteiger partial charge in [-0.3, -0.25) is 0 Å². The Morgan fingerprint density at radius 2 is 1.89 bits per heavy atom. The van der Waals surface area contributed by atoms with Gasteiger partial charge in [-0.1, -0.05) is 0 Å². The number of rotatable bonds is 4. The van der Waals surface area contributed by atoms with Gasteiger partial charge in [0.1, 0.15) is 0 Å². The molecule has 0 aliphatic carbocycles. The lowest BCUT2D eigenvalue weighted by Gasteiger charge is -2.24. The van der Waals surface area contributed by atoms with Crippen molar-refractivity contribution >= 4 is 11.4 Å². The molecule has 0 fully saturated rings. The first-order valence-corrected chi connectivity index (χ1v) is 5.41. The molecular formula is C12H17F3N2O. The van der Waals surface area contributed by atoms with Gasteiger partial charge in [0.05, 0.1) is 11.2 Å². The molecule has 0 unspecified atom stereocenters. The molecule has 0 radical (unpaired) electrons. The van der Waals surface area contributed by atoms with Gasteiger partial charge >= 0.3 is 6.18 Å². The second-order valence-electron chi connectivity index (χ2n) is 4.62. The van der Waals surface area contributed by atoms with E-state index in [2.05, 4.69) is 5.32 Å². The summed E-state index contributed by atoms with van der Waals surface area (Å²) in [7, 11) is 1.55. The topological polar surface area (TPSA) is 47.3 Å². The molecule has 102 valence electrons. The number of nitrogens with two attached hydrogens (primary N) is 1. The van der Waals surface area contributed by atoms with Gasteiger partial charge in [0, 0.05) is 25.0 Å². The van der Waals surface area contributed by atoms with Gasteiger partial charge in [0.2, 0.25) is 0 Å². The summed E-state index contributed by atoms with van der Waals surface area (Å²) in [6, 6.07) is 3.75. The van der Waals surface area contributed by atoms with Crippen LogP contribution in [0, 0.1) is 0 Å². The minimum atomic E-state index is -4.45. The average molecular weight is 262 g/mol. The summed E-state index contributed by atoms with van der Waals surface area (Å²) in [6.45, 7) is 4.06. The van der Waals surface area contributed by atoms with Crippen LogP contribution in [-0.4, -0.2) is 19.3 Å². The van der Waals surface area contributed by atoms with E-state index in [0.29, 0.717) is 12.2 Å². The Morgan fingerprint density at radius 3 is 2.39 bits per heavy atom. The molecule has 1 aromatic rings. The molecule has 0 spiro atoms. The molecule has 0 aliphatic rings. The standard InChI is InChI=1S/C12H17F3N2O/c1-11(2,18-3)7-17-8-4-5-10(16)9(6-8)12(13,14)15/h4-6,17H,7,16H2,1-3H3. The van der Waals surface area contributed by atoms with Gasteiger partial charge in [0.25, 0.3) is 0 Å². The summed E-state index contributed by atoms with van der Waals surface area (Å²) in [5, 5.41) is 2.90. The minimum Gasteiger partial charge on any atom is -0.398 e. The van der Waals surface area contributed by atoms with Gasteiger partial charge in [0.15, 0.2) is 0 Å². The van der Waals surface area contributed by atoms with Gasteiger partial charge in [-0.15, -0.1) is 0 Å². The second-order valence-corrected chi connectivity index (χ2v) is 4.62. The van der Waals surface area contributed by atoms with E-state index in [4.69, 9.17) is 10.5 Å². The van der Waals surface area contributed by atoms with Crippen LogP contribution in [0.1, 0.15) is 19.4 Å². The van der Waals surface area contributed by atoms with Gasteiger partial charge < -0.3 is 15.8 Å². The Morgan fingerprint density at radius 1 is 1.28 bits per heavy atom. The molecule has 0 atom stereocenters. The fourth-order valence-electron chi connectivity index (χ4n) is 1.30. The molecule has 3 N–H and O–H groups in total. The highest BCUT2D eigenvalue weighted by atomic mass is 19.4. The molecule has 3 nitrogen and oxygen atoms in total. The molecule has 0 saturated carbocycles. The minimum absolute atomic E-state index is 0.279. The van der Waals surface area contributed by atoms with E-state index in [-0.39, 0.29) is 5.69 Å². The maximum Gasteiger partial charge on any atom is 0.418 e. The van der Waals surface area contributed by atoms with Crippen molar-refractivity contribution in [1.82, 2.24) is 0 Å². The Balaban J connectivity index is 2.87. The quantitative estimate of drug-likeness (QED) is 0.819. The van der Waals surface area contributed by atoms with Crippen molar-refractivity contribution in [1.29, 1.82) is 0 Å². The van der Waals surface area contributed by atoms with Crippen LogP contribution in [-0.2, 0) is 10.9 Å². The third-order valence-corrected chi connectivity index (χ3v) is 2.63. The van der Waals surface area contributed by atoms with Gasteiger partial charge in [-0.25, -0.2) is 0 Å². The molecule has 1 rings (SSSR count). The molecule has 0 saturated heterocycles. The highest BCUT2D eigenvalue weighted by Crippen LogP contribution is 2.35. The predicted molar refractivity (Wildman–Crippen MR) is 65.4 cm³/mol. The first-order valence-electron chi connectivity index (χ1n) is 5.41. The van der Waals surface area contributed by atoms with Crippen LogP contribution in [0.5, 0.6) is 0 Å². The maximum atomic E-state index is 12.6. The van der Waals surface area contributed by atoms with Crippen LogP contribution in [0.4, 0.5) is 24.5 Å². The number of nitrogen functional groups attached to an aromatic ring is 1. The predicted octanol–water partition coefficient (Wildman–Crippen LogP) is 3.12. The SMILES string of the molecule is COC(C)(C)CNc1ccc(N)c(C(F)(F)F)c1. The van der Waals surface area contributed by atoms with Crippen LogP contribution in [0.3, 0.4) is 0 Å². The normalized spacial score (nSPS) is 12.6. The third kappa shape index (κ3) is 3.80. The van der Waals surface area contributed by atoms with Crippen LogP contribution in [0.2, 0.25) is 0 Å². The van der Waals surface area contributed by atoms with Crippen molar-refractivity contribution in [3.8, 4) is 0 Å². The number of ether oxygens (including phenoxy) is 1. The highest BCUT2D eigenvalue weighted by Gasteiger charge is 2.33. The number of halogens is 3. The van der Waals surface area contributed by atoms with Crippen molar-refractivity contribution in [2.75, 3.05) is 24.7 Å². The smallest absolute Gasteiger partial charge is 0.398 e. The summed E-state index contributed by atoms with van der Waals surface area (Å²) in [5.41, 5.74) is 4.11. The molecule has 0 bridgehead atoms. The first kappa shape index (κ1) is 14.6. The number of benzene rings is 1. The lowest BCUT2D eigenvalue weighted by molar-refractivity contribution is -0.136. The second kappa shape index (κ2) is 5.06. The van der Waals surface area contributed by atoms with Crippen molar-refractivity contribution in [3.05, 3.63) is 23.8 Å². The largest absolute Gasteiger partial charge is 0.418 e. The van der Waals surface area contributed by atoms with Crippen molar-refractivity contribution < 1.29 is 17.9 Å². The van der Waals surface area contributed by atoms with E-state index in [0.717, 1.165) is 6.07 Å². The molecule has 18 heavy (non-hydrogen) atoms. The van der Waals surface area contributed by atoms with Crippen LogP contribution in [0.15, 0.2) is 18.2 Å². The number of alkyl halides is 3. The van der Waals surface area contributed by atoms with E-state index < -0.39 is 17.3 Å². The maximum absolute atomic E-state index is 12.6. The van der Waals surface area contributed by atoms with E-state index >= 15 is 0 Å². The lowest BCUT2D eigenvalue weighted by Crippen LogP contribution is -2.32. The van der Waals surface area contributed by atoms with Crippen molar-refractivity contribution in [2.24, 2.45) is 0 Å². The number of nitrogens with one attached hydrogen (secondary N) is 1. The zero-order valence-corrected chi connectivity index (χ0v) is 10.6. The summed E-state index contributed by atoms with van der Waals surface area (Å²) in [5.74, 6) is 0. The Kier molecular flexibility index (Phi) is 4.11. The summed E-state index contributed by atoms with van der Waals surface area (Å²) in [4.78, 5) is 0. The van der Waals surface area contributed by atoms with E-state index in [1.165, 1.54) is 12.1 Å². The van der Waals surface area contributed by atoms with E-state index in [1.54, 1.807) is 7.11 Å². The number of anilines is 2. The van der Waals surface area contributed by atoms with E-state index in [1.807, 2.05) is 13.8 Å². The Bertz CT molecular complexity index is 416. The Hall–Kier alpha value is -1.43. The van der Waals surface area contributed by atoms with Crippen LogP contribution in [0.25, 0.3) is 0 Å². The highest BCUT2D eigenvalue weighted by molar-refractivity contribution is 5.58. The van der Waals surface area contributed by atoms with Gasteiger partial charge in [-0.05, 0) is 32.0 Å². The van der Waals surface area contributed by atoms with Crippen LogP contribution < -0.4 is 11.1 Å². The lowest BCUT2D eigenvalue weighted by atomic mass is 10.1. The summed E-state index contributed by atoms with van der Waals surface area (Å²) < 4.78 is 43.1. The van der Waals surface area contributed by atoms with E-state index in [9.17, 15) is 13.2 Å². The molecule has 0 heterocycles. The number of methoxy groups -OCH3 is 1. The van der Waals surface area contributed by atoms with Crippen molar-refractivity contribution in [3.63, 3.8) is 0 Å². The van der Waals surface area contributed by atoms with Crippen molar-refractivity contribution in [2.45, 2.75) is 25.6 Å². The average Bonchev–Trinajstić information content (AvgIpc) is 2.26. The zero-order chi connectivity index (χ0) is 14.0. The van der Waals surface area contributed by atoms with Crippen LogP contribution >= 0.6 is 0 Å². The first-order chi connectivity index (χ1) is 8.15. The zero-order valence-electron chi connectivity index (χ0n) is 10.6. The molecule has 0 aromatic heterocycles. The molecule has 0 aliphatic heterocycles. The fourth-order valence-corrected chi connectivity index (χ4v) is 1.30. The molecular weight excluding hydrogens is 245 g/mol. The fraction of sp³-hybridized carbons (Fsp3) is 0.500. The summed E-state index contributed by atoms with van der Waals surface area (Å²) >= 11 is 0. The number of hydrogen-bond acceptors (Lipinski definition) is 3. The molecule has 6 heteroatoms. The third-order valence-electron chi connectivity index (χ3n) is 2.63. The van der Waals surface area contributed by atoms with Gasteiger partial charge in [-0.2, -0.15) is 13.2 Å². The Labute approximate surface area is 104 Å². The molecule has 1 aromatic carbocycles. The summed E-state index contributed by atoms with van der Waals surface area (Å²) in [6.07, 6.45) is -4.45.